The van der Waals surface area contributed by atoms with E-state index in [2.05, 4.69) is 10.3 Å². The van der Waals surface area contributed by atoms with E-state index in [-0.39, 0.29) is 23.6 Å². The summed E-state index contributed by atoms with van der Waals surface area (Å²) in [6, 6.07) is 3.81. The molecular formula is C23H32N4O3. The number of carbonyl (C=O) groups is 3. The Balaban J connectivity index is 1.26. The lowest BCUT2D eigenvalue weighted by Crippen LogP contribution is -2.42. The molecule has 1 saturated carbocycles. The van der Waals surface area contributed by atoms with Crippen LogP contribution in [0.1, 0.15) is 67.4 Å². The van der Waals surface area contributed by atoms with Crippen LogP contribution in [0.2, 0.25) is 0 Å². The highest BCUT2D eigenvalue weighted by atomic mass is 16.2. The van der Waals surface area contributed by atoms with Gasteiger partial charge in [0, 0.05) is 57.0 Å². The second-order valence-electron chi connectivity index (χ2n) is 8.97. The third kappa shape index (κ3) is 4.82. The first-order valence-electron chi connectivity index (χ1n) is 11.4. The van der Waals surface area contributed by atoms with Gasteiger partial charge in [-0.1, -0.05) is 6.92 Å². The average Bonchev–Trinajstić information content (AvgIpc) is 3.54. The summed E-state index contributed by atoms with van der Waals surface area (Å²) in [4.78, 5) is 45.4. The number of hydrogen-bond donors (Lipinski definition) is 1. The summed E-state index contributed by atoms with van der Waals surface area (Å²) in [5.41, 5.74) is 1.60. The second-order valence-corrected chi connectivity index (χ2v) is 8.97. The Morgan fingerprint density at radius 3 is 2.57 bits per heavy atom. The molecule has 2 aliphatic heterocycles. The van der Waals surface area contributed by atoms with E-state index in [1.165, 1.54) is 12.8 Å². The van der Waals surface area contributed by atoms with Crippen molar-refractivity contribution in [2.24, 2.45) is 11.8 Å². The number of aromatic nitrogens is 1. The Bertz CT molecular complexity index is 782. The average molecular weight is 413 g/mol. The highest BCUT2D eigenvalue weighted by molar-refractivity contribution is 5.93. The molecule has 1 aromatic heterocycles. The lowest BCUT2D eigenvalue weighted by atomic mass is 9.92. The topological polar surface area (TPSA) is 82.6 Å². The Morgan fingerprint density at radius 1 is 1.17 bits per heavy atom. The van der Waals surface area contributed by atoms with E-state index < -0.39 is 0 Å². The Morgan fingerprint density at radius 2 is 1.93 bits per heavy atom. The van der Waals surface area contributed by atoms with Gasteiger partial charge in [-0.25, -0.2) is 0 Å². The van der Waals surface area contributed by atoms with Crippen LogP contribution in [0.5, 0.6) is 0 Å². The van der Waals surface area contributed by atoms with E-state index >= 15 is 0 Å². The molecule has 1 aromatic rings. The van der Waals surface area contributed by atoms with Gasteiger partial charge >= 0.3 is 0 Å². The van der Waals surface area contributed by atoms with E-state index in [9.17, 15) is 14.4 Å². The van der Waals surface area contributed by atoms with Crippen molar-refractivity contribution in [1.29, 1.82) is 0 Å². The van der Waals surface area contributed by atoms with Crippen LogP contribution in [-0.2, 0) is 9.59 Å². The zero-order chi connectivity index (χ0) is 21.1. The van der Waals surface area contributed by atoms with Crippen LogP contribution in [0.4, 0.5) is 0 Å². The molecule has 1 aliphatic carbocycles. The minimum atomic E-state index is -0.188. The SMILES string of the molecule is CCCN1C[C@H](C(=O)N2CCC(c3ccc(C(=O)NCC4CC4)cn3)CC2)CC1=O. The third-order valence-corrected chi connectivity index (χ3v) is 6.58. The number of piperidine rings is 1. The van der Waals surface area contributed by atoms with Gasteiger partial charge in [0.2, 0.25) is 11.8 Å². The van der Waals surface area contributed by atoms with E-state index in [0.29, 0.717) is 43.5 Å². The number of pyridine rings is 1. The predicted molar refractivity (Wildman–Crippen MR) is 113 cm³/mol. The van der Waals surface area contributed by atoms with Crippen molar-refractivity contribution >= 4 is 17.7 Å². The number of carbonyl (C=O) groups excluding carboxylic acids is 3. The number of nitrogens with one attached hydrogen (secondary N) is 1. The second kappa shape index (κ2) is 9.14. The highest BCUT2D eigenvalue weighted by Crippen LogP contribution is 2.29. The van der Waals surface area contributed by atoms with Gasteiger partial charge in [0.25, 0.3) is 5.91 Å². The largest absolute Gasteiger partial charge is 0.352 e. The molecule has 1 atom stereocenters. The van der Waals surface area contributed by atoms with Gasteiger partial charge in [-0.15, -0.1) is 0 Å². The first kappa shape index (κ1) is 20.8. The van der Waals surface area contributed by atoms with Crippen LogP contribution in [0, 0.1) is 11.8 Å². The Hall–Kier alpha value is -2.44. The Kier molecular flexibility index (Phi) is 6.35. The van der Waals surface area contributed by atoms with E-state index in [1.54, 1.807) is 6.20 Å². The summed E-state index contributed by atoms with van der Waals surface area (Å²) >= 11 is 0. The summed E-state index contributed by atoms with van der Waals surface area (Å²) in [6.07, 6.45) is 7.11. The van der Waals surface area contributed by atoms with Crippen molar-refractivity contribution in [3.05, 3.63) is 29.6 Å². The first-order valence-corrected chi connectivity index (χ1v) is 11.4. The standard InChI is InChI=1S/C23H32N4O3/c1-2-9-27-15-19(12-21(27)28)23(30)26-10-7-17(8-11-26)20-6-5-18(14-24-20)22(29)25-13-16-3-4-16/h5-6,14,16-17,19H,2-4,7-13,15H2,1H3,(H,25,29)/t19-/m1/s1. The van der Waals surface area contributed by atoms with Gasteiger partial charge in [0.1, 0.15) is 0 Å². The zero-order valence-electron chi connectivity index (χ0n) is 17.8. The quantitative estimate of drug-likeness (QED) is 0.744. The lowest BCUT2D eigenvalue weighted by Gasteiger charge is -2.33. The van der Waals surface area contributed by atoms with E-state index in [0.717, 1.165) is 38.0 Å². The van der Waals surface area contributed by atoms with Crippen LogP contribution in [0.25, 0.3) is 0 Å². The van der Waals surface area contributed by atoms with Gasteiger partial charge in [-0.2, -0.15) is 0 Å². The van der Waals surface area contributed by atoms with E-state index in [1.807, 2.05) is 28.9 Å². The summed E-state index contributed by atoms with van der Waals surface area (Å²) in [5.74, 6) is 0.953. The maximum absolute atomic E-state index is 12.9. The summed E-state index contributed by atoms with van der Waals surface area (Å²) in [7, 11) is 0. The van der Waals surface area contributed by atoms with Crippen LogP contribution < -0.4 is 5.32 Å². The van der Waals surface area contributed by atoms with Gasteiger partial charge in [0.15, 0.2) is 0 Å². The molecule has 7 nitrogen and oxygen atoms in total. The molecule has 162 valence electrons. The summed E-state index contributed by atoms with van der Waals surface area (Å²) < 4.78 is 0. The normalized spacial score (nSPS) is 22.4. The zero-order valence-corrected chi connectivity index (χ0v) is 17.8. The molecule has 2 saturated heterocycles. The van der Waals surface area contributed by atoms with Crippen molar-refractivity contribution in [1.82, 2.24) is 20.1 Å². The molecule has 0 radical (unpaired) electrons. The number of likely N-dealkylation sites (tertiary alicyclic amines) is 2. The molecule has 3 heterocycles. The molecule has 30 heavy (non-hydrogen) atoms. The van der Waals surface area contributed by atoms with Crippen molar-refractivity contribution in [2.45, 2.75) is 51.4 Å². The highest BCUT2D eigenvalue weighted by Gasteiger charge is 2.37. The van der Waals surface area contributed by atoms with Gasteiger partial charge in [-0.3, -0.25) is 19.4 Å². The minimum Gasteiger partial charge on any atom is -0.352 e. The van der Waals surface area contributed by atoms with Crippen molar-refractivity contribution in [3.8, 4) is 0 Å². The molecule has 0 bridgehead atoms. The maximum atomic E-state index is 12.9. The molecule has 3 amide bonds. The third-order valence-electron chi connectivity index (χ3n) is 6.58. The number of amides is 3. The molecule has 3 aliphatic rings. The van der Waals surface area contributed by atoms with Gasteiger partial charge in [0.05, 0.1) is 11.5 Å². The molecule has 0 spiro atoms. The Labute approximate surface area is 178 Å². The molecule has 0 aromatic carbocycles. The van der Waals surface area contributed by atoms with Gasteiger partial charge in [-0.05, 0) is 50.2 Å². The van der Waals surface area contributed by atoms with Crippen LogP contribution >= 0.6 is 0 Å². The fourth-order valence-corrected chi connectivity index (χ4v) is 4.52. The monoisotopic (exact) mass is 412 g/mol. The lowest BCUT2D eigenvalue weighted by molar-refractivity contribution is -0.136. The first-order chi connectivity index (χ1) is 14.5. The van der Waals surface area contributed by atoms with Crippen molar-refractivity contribution in [2.75, 3.05) is 32.7 Å². The van der Waals surface area contributed by atoms with Gasteiger partial charge < -0.3 is 15.1 Å². The summed E-state index contributed by atoms with van der Waals surface area (Å²) in [6.45, 7) is 5.52. The molecule has 0 unspecified atom stereocenters. The molecule has 3 fully saturated rings. The molecule has 7 heteroatoms. The summed E-state index contributed by atoms with van der Waals surface area (Å²) in [5, 5.41) is 2.97. The van der Waals surface area contributed by atoms with Crippen LogP contribution in [0.3, 0.4) is 0 Å². The molecule has 4 rings (SSSR count). The molecular weight excluding hydrogens is 380 g/mol. The fraction of sp³-hybridized carbons (Fsp3) is 0.652. The predicted octanol–water partition coefficient (Wildman–Crippen LogP) is 2.19. The van der Waals surface area contributed by atoms with Crippen molar-refractivity contribution < 1.29 is 14.4 Å². The number of nitrogens with zero attached hydrogens (tertiary/aromatic N) is 3. The van der Waals surface area contributed by atoms with Crippen LogP contribution in [-0.4, -0.2) is 65.2 Å². The fourth-order valence-electron chi connectivity index (χ4n) is 4.52. The number of hydrogen-bond acceptors (Lipinski definition) is 4. The van der Waals surface area contributed by atoms with Crippen LogP contribution in [0.15, 0.2) is 18.3 Å². The van der Waals surface area contributed by atoms with Crippen molar-refractivity contribution in [3.63, 3.8) is 0 Å². The molecule has 1 N–H and O–H groups in total. The number of rotatable bonds is 7. The minimum absolute atomic E-state index is 0.0513. The van der Waals surface area contributed by atoms with E-state index in [4.69, 9.17) is 0 Å². The smallest absolute Gasteiger partial charge is 0.252 e. The maximum Gasteiger partial charge on any atom is 0.252 e.